The lowest BCUT2D eigenvalue weighted by Crippen LogP contribution is -2.36. The van der Waals surface area contributed by atoms with Crippen LogP contribution in [-0.4, -0.2) is 54.5 Å². The van der Waals surface area contributed by atoms with Gasteiger partial charge < -0.3 is 14.4 Å². The lowest BCUT2D eigenvalue weighted by atomic mass is 9.95. The fraction of sp³-hybridized carbons (Fsp3) is 0.296. The third kappa shape index (κ3) is 5.79. The summed E-state index contributed by atoms with van der Waals surface area (Å²) in [6.07, 6.45) is 2.68. The van der Waals surface area contributed by atoms with Crippen LogP contribution in [0.2, 0.25) is 0 Å². The molecule has 1 N–H and O–H groups in total. The fourth-order valence-corrected chi connectivity index (χ4v) is 5.21. The summed E-state index contributed by atoms with van der Waals surface area (Å²) in [7, 11) is -2.31. The van der Waals surface area contributed by atoms with Crippen LogP contribution in [0.3, 0.4) is 0 Å². The van der Waals surface area contributed by atoms with Crippen molar-refractivity contribution >= 4 is 21.7 Å². The number of ether oxygens (including phenoxy) is 2. The summed E-state index contributed by atoms with van der Waals surface area (Å²) in [5, 5.41) is 3.96. The van der Waals surface area contributed by atoms with E-state index in [2.05, 4.69) is 38.5 Å². The monoisotopic (exact) mass is 534 g/mol. The van der Waals surface area contributed by atoms with Crippen molar-refractivity contribution in [2.24, 2.45) is 7.05 Å². The summed E-state index contributed by atoms with van der Waals surface area (Å²) in [5.41, 5.74) is 3.58. The molecule has 0 unspecified atom stereocenters. The molecule has 0 amide bonds. The van der Waals surface area contributed by atoms with Crippen molar-refractivity contribution in [2.45, 2.75) is 24.7 Å². The van der Waals surface area contributed by atoms with Crippen LogP contribution in [-0.2, 0) is 21.8 Å². The fourth-order valence-electron chi connectivity index (χ4n) is 4.28. The van der Waals surface area contributed by atoms with Crippen LogP contribution < -0.4 is 14.4 Å². The third-order valence-corrected chi connectivity index (χ3v) is 7.50. The Balaban J connectivity index is 1.49. The van der Waals surface area contributed by atoms with E-state index in [0.29, 0.717) is 24.7 Å². The first-order valence-corrected chi connectivity index (χ1v) is 13.9. The molecule has 38 heavy (non-hydrogen) atoms. The number of hydrogen-bond acceptors (Lipinski definition) is 8. The predicted octanol–water partition coefficient (Wildman–Crippen LogP) is 4.43. The molecule has 0 radical (unpaired) electrons. The Bertz CT molecular complexity index is 1510. The molecule has 0 spiro atoms. The van der Waals surface area contributed by atoms with Gasteiger partial charge in [0.2, 0.25) is 11.8 Å². The summed E-state index contributed by atoms with van der Waals surface area (Å²) in [6.45, 7) is 7.28. The standard InChI is InChI=1S/C27H30N6O4S/c1-19(2)23-6-4-5-7-24(23)25-16-26(30-27(29-25)31-38(34,35)22-17-28-32(3)18-22)37-21-10-8-20(9-11-21)33-12-14-36-15-13-33/h4-11,16-19H,12-15H2,1-3H3,(H,29,30,31). The number of anilines is 2. The molecule has 1 fully saturated rings. The second-order valence-electron chi connectivity index (χ2n) is 9.31. The quantitative estimate of drug-likeness (QED) is 0.353. The van der Waals surface area contributed by atoms with E-state index in [9.17, 15) is 8.42 Å². The number of hydrogen-bond donors (Lipinski definition) is 1. The number of aryl methyl sites for hydroxylation is 1. The first-order chi connectivity index (χ1) is 18.3. The van der Waals surface area contributed by atoms with E-state index in [1.807, 2.05) is 48.5 Å². The molecule has 2 aromatic heterocycles. The minimum absolute atomic E-state index is 0.0118. The maximum atomic E-state index is 13.0. The topological polar surface area (TPSA) is 111 Å². The lowest BCUT2D eigenvalue weighted by Gasteiger charge is -2.28. The SMILES string of the molecule is CC(C)c1ccccc1-c1cc(Oc2ccc(N3CCOCC3)cc2)nc(NS(=O)(=O)c2cnn(C)c2)n1. The average Bonchev–Trinajstić information content (AvgIpc) is 3.36. The van der Waals surface area contributed by atoms with Crippen LogP contribution in [0, 0.1) is 0 Å². The molecule has 1 aliphatic rings. The zero-order valence-electron chi connectivity index (χ0n) is 21.5. The van der Waals surface area contributed by atoms with Crippen molar-refractivity contribution in [3.63, 3.8) is 0 Å². The minimum Gasteiger partial charge on any atom is -0.439 e. The van der Waals surface area contributed by atoms with Gasteiger partial charge in [0.15, 0.2) is 0 Å². The van der Waals surface area contributed by atoms with Crippen LogP contribution in [0.15, 0.2) is 71.9 Å². The molecule has 2 aromatic carbocycles. The summed E-state index contributed by atoms with van der Waals surface area (Å²) in [5.74, 6) is 0.931. The molecule has 5 rings (SSSR count). The molecule has 1 aliphatic heterocycles. The molecule has 4 aromatic rings. The Morgan fingerprint density at radius 1 is 1.03 bits per heavy atom. The first kappa shape index (κ1) is 25.7. The number of benzene rings is 2. The van der Waals surface area contributed by atoms with Gasteiger partial charge in [-0.1, -0.05) is 38.1 Å². The van der Waals surface area contributed by atoms with Gasteiger partial charge in [-0.15, -0.1) is 0 Å². The molecule has 198 valence electrons. The zero-order chi connectivity index (χ0) is 26.7. The number of rotatable bonds is 8. The van der Waals surface area contributed by atoms with Crippen molar-refractivity contribution < 1.29 is 17.9 Å². The highest BCUT2D eigenvalue weighted by Gasteiger charge is 2.20. The Labute approximate surface area is 222 Å². The normalized spacial score (nSPS) is 14.1. The first-order valence-electron chi connectivity index (χ1n) is 12.4. The van der Waals surface area contributed by atoms with Crippen molar-refractivity contribution in [3.05, 3.63) is 72.6 Å². The van der Waals surface area contributed by atoms with E-state index in [1.165, 1.54) is 17.1 Å². The van der Waals surface area contributed by atoms with Gasteiger partial charge in [-0.05, 0) is 35.7 Å². The summed E-state index contributed by atoms with van der Waals surface area (Å²) >= 11 is 0. The Kier molecular flexibility index (Phi) is 7.30. The van der Waals surface area contributed by atoms with Gasteiger partial charge in [0.05, 0.1) is 25.1 Å². The summed E-state index contributed by atoms with van der Waals surface area (Å²) < 4.78 is 41.4. The highest BCUT2D eigenvalue weighted by molar-refractivity contribution is 7.92. The Morgan fingerprint density at radius 2 is 1.76 bits per heavy atom. The predicted molar refractivity (Wildman–Crippen MR) is 145 cm³/mol. The molecule has 10 nitrogen and oxygen atoms in total. The van der Waals surface area contributed by atoms with E-state index in [0.717, 1.165) is 29.9 Å². The second-order valence-corrected chi connectivity index (χ2v) is 11.0. The maximum Gasteiger partial charge on any atom is 0.267 e. The summed E-state index contributed by atoms with van der Waals surface area (Å²) in [4.78, 5) is 11.2. The molecular weight excluding hydrogens is 504 g/mol. The maximum absolute atomic E-state index is 13.0. The molecule has 11 heteroatoms. The minimum atomic E-state index is -3.96. The second kappa shape index (κ2) is 10.8. The van der Waals surface area contributed by atoms with Gasteiger partial charge in [-0.2, -0.15) is 10.1 Å². The number of nitrogens with zero attached hydrogens (tertiary/aromatic N) is 5. The van der Waals surface area contributed by atoms with Gasteiger partial charge in [0, 0.05) is 43.7 Å². The number of morpholine rings is 1. The van der Waals surface area contributed by atoms with Gasteiger partial charge in [-0.25, -0.2) is 18.1 Å². The third-order valence-electron chi connectivity index (χ3n) is 6.21. The van der Waals surface area contributed by atoms with Crippen LogP contribution >= 0.6 is 0 Å². The van der Waals surface area contributed by atoms with Crippen molar-refractivity contribution in [1.29, 1.82) is 0 Å². The van der Waals surface area contributed by atoms with E-state index in [1.54, 1.807) is 13.1 Å². The average molecular weight is 535 g/mol. The Morgan fingerprint density at radius 3 is 2.45 bits per heavy atom. The zero-order valence-corrected chi connectivity index (χ0v) is 22.4. The summed E-state index contributed by atoms with van der Waals surface area (Å²) in [6, 6.07) is 17.3. The van der Waals surface area contributed by atoms with E-state index in [4.69, 9.17) is 9.47 Å². The number of nitrogens with one attached hydrogen (secondary N) is 1. The lowest BCUT2D eigenvalue weighted by molar-refractivity contribution is 0.122. The van der Waals surface area contributed by atoms with Crippen molar-refractivity contribution in [2.75, 3.05) is 35.9 Å². The molecular formula is C27H30N6O4S. The molecule has 3 heterocycles. The van der Waals surface area contributed by atoms with Gasteiger partial charge in [0.1, 0.15) is 10.6 Å². The number of aromatic nitrogens is 4. The molecule has 1 saturated heterocycles. The van der Waals surface area contributed by atoms with Gasteiger partial charge in [-0.3, -0.25) is 4.68 Å². The Hall–Kier alpha value is -3.96. The molecule has 0 bridgehead atoms. The van der Waals surface area contributed by atoms with E-state index in [-0.39, 0.29) is 22.6 Å². The smallest absolute Gasteiger partial charge is 0.267 e. The van der Waals surface area contributed by atoms with Crippen molar-refractivity contribution in [1.82, 2.24) is 19.7 Å². The van der Waals surface area contributed by atoms with Crippen molar-refractivity contribution in [3.8, 4) is 22.9 Å². The number of sulfonamides is 1. The highest BCUT2D eigenvalue weighted by Crippen LogP contribution is 2.32. The molecule has 0 saturated carbocycles. The van der Waals surface area contributed by atoms with Crippen LogP contribution in [0.4, 0.5) is 11.6 Å². The van der Waals surface area contributed by atoms with Crippen LogP contribution in [0.1, 0.15) is 25.3 Å². The van der Waals surface area contributed by atoms with E-state index < -0.39 is 10.0 Å². The highest BCUT2D eigenvalue weighted by atomic mass is 32.2. The van der Waals surface area contributed by atoms with Crippen LogP contribution in [0.25, 0.3) is 11.3 Å². The van der Waals surface area contributed by atoms with Gasteiger partial charge in [0.25, 0.3) is 10.0 Å². The van der Waals surface area contributed by atoms with Crippen LogP contribution in [0.5, 0.6) is 11.6 Å². The molecule has 0 aliphatic carbocycles. The molecule has 0 atom stereocenters. The largest absolute Gasteiger partial charge is 0.439 e. The van der Waals surface area contributed by atoms with Gasteiger partial charge >= 0.3 is 0 Å². The van der Waals surface area contributed by atoms with E-state index >= 15 is 0 Å².